The molecule has 0 aliphatic heterocycles. The number of carbonyl (C=O) groups is 2. The van der Waals surface area contributed by atoms with E-state index in [1.165, 1.54) is 7.11 Å². The van der Waals surface area contributed by atoms with Crippen LogP contribution in [0.5, 0.6) is 0 Å². The standard InChI is InChI=1S/C12H17N3O3/c1-8-3-4-9(13)10(7-8)15-12(17)11(16)14-5-6-18-2/h3-4,7H,5-6,13H2,1-2H3,(H,14,16)(H,15,17). The van der Waals surface area contributed by atoms with Crippen LogP contribution in [0.2, 0.25) is 0 Å². The van der Waals surface area contributed by atoms with Gasteiger partial charge in [0.15, 0.2) is 0 Å². The Bertz CT molecular complexity index is 446. The normalized spacial score (nSPS) is 9.89. The smallest absolute Gasteiger partial charge is 0.313 e. The average molecular weight is 251 g/mol. The van der Waals surface area contributed by atoms with Crippen LogP contribution in [0.4, 0.5) is 11.4 Å². The molecule has 6 nitrogen and oxygen atoms in total. The third-order valence-electron chi connectivity index (χ3n) is 2.25. The molecule has 0 heterocycles. The number of nitrogen functional groups attached to an aromatic ring is 1. The Morgan fingerprint density at radius 3 is 2.72 bits per heavy atom. The fourth-order valence-electron chi connectivity index (χ4n) is 1.30. The molecule has 4 N–H and O–H groups in total. The summed E-state index contributed by atoms with van der Waals surface area (Å²) in [5.74, 6) is -1.46. The Labute approximate surface area is 105 Å². The summed E-state index contributed by atoms with van der Waals surface area (Å²) in [6.07, 6.45) is 0. The summed E-state index contributed by atoms with van der Waals surface area (Å²) in [5.41, 5.74) is 7.48. The summed E-state index contributed by atoms with van der Waals surface area (Å²) in [6, 6.07) is 5.20. The number of ether oxygens (including phenoxy) is 1. The first-order valence-corrected chi connectivity index (χ1v) is 5.49. The van der Waals surface area contributed by atoms with Crippen LogP contribution < -0.4 is 16.4 Å². The van der Waals surface area contributed by atoms with Crippen LogP contribution in [0.1, 0.15) is 5.56 Å². The summed E-state index contributed by atoms with van der Waals surface area (Å²) in [4.78, 5) is 22.9. The van der Waals surface area contributed by atoms with Gasteiger partial charge in [0.2, 0.25) is 0 Å². The molecule has 0 unspecified atom stereocenters. The number of nitrogens with two attached hydrogens (primary N) is 1. The largest absolute Gasteiger partial charge is 0.397 e. The lowest BCUT2D eigenvalue weighted by Gasteiger charge is -2.09. The molecule has 0 aliphatic rings. The van der Waals surface area contributed by atoms with Crippen LogP contribution in [0.15, 0.2) is 18.2 Å². The van der Waals surface area contributed by atoms with Crippen LogP contribution in [0.3, 0.4) is 0 Å². The SMILES string of the molecule is COCCNC(=O)C(=O)Nc1cc(C)ccc1N. The second-order valence-electron chi connectivity index (χ2n) is 3.79. The molecule has 0 saturated heterocycles. The Hall–Kier alpha value is -2.08. The molecule has 1 rings (SSSR count). The molecule has 1 aromatic carbocycles. The van der Waals surface area contributed by atoms with Gasteiger partial charge in [0.25, 0.3) is 0 Å². The highest BCUT2D eigenvalue weighted by Gasteiger charge is 2.14. The minimum Gasteiger partial charge on any atom is -0.397 e. The average Bonchev–Trinajstić information content (AvgIpc) is 2.34. The maximum atomic E-state index is 11.6. The molecule has 0 fully saturated rings. The lowest BCUT2D eigenvalue weighted by atomic mass is 10.2. The van der Waals surface area contributed by atoms with Crippen molar-refractivity contribution in [3.8, 4) is 0 Å². The molecule has 2 amide bonds. The fourth-order valence-corrected chi connectivity index (χ4v) is 1.30. The van der Waals surface area contributed by atoms with E-state index in [0.717, 1.165) is 5.56 Å². The quantitative estimate of drug-likeness (QED) is 0.407. The van der Waals surface area contributed by atoms with Crippen molar-refractivity contribution in [3.05, 3.63) is 23.8 Å². The number of benzene rings is 1. The molecule has 6 heteroatoms. The highest BCUT2D eigenvalue weighted by Crippen LogP contribution is 2.19. The Balaban J connectivity index is 2.58. The number of hydrogen-bond acceptors (Lipinski definition) is 4. The highest BCUT2D eigenvalue weighted by molar-refractivity contribution is 6.39. The van der Waals surface area contributed by atoms with Gasteiger partial charge in [-0.05, 0) is 24.6 Å². The van der Waals surface area contributed by atoms with Crippen LogP contribution in [0.25, 0.3) is 0 Å². The number of aryl methyl sites for hydroxylation is 1. The van der Waals surface area contributed by atoms with Crippen molar-refractivity contribution in [1.29, 1.82) is 0 Å². The summed E-state index contributed by atoms with van der Waals surface area (Å²) in [5, 5.41) is 4.88. The predicted octanol–water partition coefficient (Wildman–Crippen LogP) is 0.278. The summed E-state index contributed by atoms with van der Waals surface area (Å²) in [6.45, 7) is 2.51. The van der Waals surface area contributed by atoms with E-state index in [4.69, 9.17) is 10.5 Å². The maximum absolute atomic E-state index is 11.6. The first kappa shape index (κ1) is 14.0. The Morgan fingerprint density at radius 2 is 2.06 bits per heavy atom. The lowest BCUT2D eigenvalue weighted by molar-refractivity contribution is -0.136. The van der Waals surface area contributed by atoms with Crippen LogP contribution >= 0.6 is 0 Å². The minimum atomic E-state index is -0.747. The number of hydrogen-bond donors (Lipinski definition) is 3. The fraction of sp³-hybridized carbons (Fsp3) is 0.333. The molecule has 0 aromatic heterocycles. The number of carbonyl (C=O) groups excluding carboxylic acids is 2. The Kier molecular flexibility index (Phi) is 5.13. The minimum absolute atomic E-state index is 0.284. The zero-order valence-corrected chi connectivity index (χ0v) is 10.4. The summed E-state index contributed by atoms with van der Waals surface area (Å²) >= 11 is 0. The molecule has 0 aliphatic carbocycles. The van der Waals surface area contributed by atoms with Gasteiger partial charge in [-0.2, -0.15) is 0 Å². The van der Waals surface area contributed by atoms with Crippen LogP contribution in [-0.4, -0.2) is 32.1 Å². The van der Waals surface area contributed by atoms with Crippen molar-refractivity contribution in [2.45, 2.75) is 6.92 Å². The highest BCUT2D eigenvalue weighted by atomic mass is 16.5. The van der Waals surface area contributed by atoms with Gasteiger partial charge in [-0.1, -0.05) is 6.07 Å². The third-order valence-corrected chi connectivity index (χ3v) is 2.25. The van der Waals surface area contributed by atoms with E-state index in [1.54, 1.807) is 12.1 Å². The van der Waals surface area contributed by atoms with Gasteiger partial charge in [0.1, 0.15) is 0 Å². The van der Waals surface area contributed by atoms with E-state index < -0.39 is 11.8 Å². The van der Waals surface area contributed by atoms with E-state index in [0.29, 0.717) is 18.0 Å². The van der Waals surface area contributed by atoms with E-state index >= 15 is 0 Å². The lowest BCUT2D eigenvalue weighted by Crippen LogP contribution is -2.37. The molecule has 98 valence electrons. The molecule has 0 radical (unpaired) electrons. The van der Waals surface area contributed by atoms with Gasteiger partial charge in [0, 0.05) is 13.7 Å². The maximum Gasteiger partial charge on any atom is 0.313 e. The number of amides is 2. The van der Waals surface area contributed by atoms with Crippen molar-refractivity contribution >= 4 is 23.2 Å². The van der Waals surface area contributed by atoms with Crippen molar-refractivity contribution in [3.63, 3.8) is 0 Å². The molecular weight excluding hydrogens is 234 g/mol. The third kappa shape index (κ3) is 4.06. The van der Waals surface area contributed by atoms with Crippen molar-refractivity contribution in [2.24, 2.45) is 0 Å². The molecule has 0 atom stereocenters. The van der Waals surface area contributed by atoms with E-state index in [9.17, 15) is 9.59 Å². The molecule has 0 saturated carbocycles. The summed E-state index contributed by atoms with van der Waals surface area (Å²) < 4.78 is 4.76. The van der Waals surface area contributed by atoms with E-state index in [-0.39, 0.29) is 6.54 Å². The van der Waals surface area contributed by atoms with Gasteiger partial charge in [0.05, 0.1) is 18.0 Å². The number of nitrogens with one attached hydrogen (secondary N) is 2. The first-order valence-electron chi connectivity index (χ1n) is 5.49. The predicted molar refractivity (Wildman–Crippen MR) is 69.1 cm³/mol. The Morgan fingerprint density at radius 1 is 1.33 bits per heavy atom. The zero-order valence-electron chi connectivity index (χ0n) is 10.4. The number of rotatable bonds is 4. The van der Waals surface area contributed by atoms with Crippen molar-refractivity contribution in [2.75, 3.05) is 31.3 Å². The zero-order chi connectivity index (χ0) is 13.5. The van der Waals surface area contributed by atoms with Gasteiger partial charge >= 0.3 is 11.8 Å². The second-order valence-corrected chi connectivity index (χ2v) is 3.79. The number of anilines is 2. The second kappa shape index (κ2) is 6.61. The van der Waals surface area contributed by atoms with Crippen molar-refractivity contribution < 1.29 is 14.3 Å². The first-order chi connectivity index (χ1) is 8.54. The summed E-state index contributed by atoms with van der Waals surface area (Å²) in [7, 11) is 1.51. The van der Waals surface area contributed by atoms with Gasteiger partial charge in [-0.25, -0.2) is 0 Å². The molecule has 0 spiro atoms. The van der Waals surface area contributed by atoms with Crippen LogP contribution in [-0.2, 0) is 14.3 Å². The topological polar surface area (TPSA) is 93.4 Å². The van der Waals surface area contributed by atoms with Crippen molar-refractivity contribution in [1.82, 2.24) is 5.32 Å². The van der Waals surface area contributed by atoms with E-state index in [2.05, 4.69) is 10.6 Å². The van der Waals surface area contributed by atoms with Gasteiger partial charge in [-0.3, -0.25) is 9.59 Å². The monoisotopic (exact) mass is 251 g/mol. The molecule has 0 bridgehead atoms. The molecule has 1 aromatic rings. The number of methoxy groups -OCH3 is 1. The van der Waals surface area contributed by atoms with Gasteiger partial charge < -0.3 is 21.1 Å². The van der Waals surface area contributed by atoms with E-state index in [1.807, 2.05) is 13.0 Å². The van der Waals surface area contributed by atoms with Crippen LogP contribution in [0, 0.1) is 6.92 Å². The molecule has 18 heavy (non-hydrogen) atoms. The molecular formula is C12H17N3O3. The van der Waals surface area contributed by atoms with Gasteiger partial charge in [-0.15, -0.1) is 0 Å².